The molecule has 1 amide bonds. The van der Waals surface area contributed by atoms with Crippen LogP contribution in [-0.2, 0) is 28.9 Å². The Hall–Kier alpha value is -5.71. The molecular formula is C38H41N5O7. The van der Waals surface area contributed by atoms with Gasteiger partial charge < -0.3 is 34.1 Å². The van der Waals surface area contributed by atoms with E-state index in [1.54, 1.807) is 33.5 Å². The average molecular weight is 680 g/mol. The number of hydrogen-bond donors (Lipinski definition) is 2. The molecule has 12 heteroatoms. The Morgan fingerprint density at radius 3 is 2.44 bits per heavy atom. The normalized spacial score (nSPS) is 16.4. The summed E-state index contributed by atoms with van der Waals surface area (Å²) in [6.45, 7) is 0.848. The third-order valence-electron chi connectivity index (χ3n) is 8.46. The molecule has 0 aliphatic carbocycles. The van der Waals surface area contributed by atoms with Crippen LogP contribution in [0, 0.1) is 0 Å². The molecule has 4 aromatic rings. The Kier molecular flexibility index (Phi) is 12.2. The standard InChI is InChI=1S/C38H41N5O7/c1-46-32-11-6-10-28(23-32)35-38(24-29-8-4-5-9-30(29)25-41-43-39,37(45)40-19-18-26-12-17-33(47-2)34(22-26)48-3)42-36(50-35)27-13-15-31(16-14-27)49-21-7-20-44/h4-6,8-17,22-23,35,44H,7,18-21,24-25H2,1-3H3,(H,40,45)/t35-,38-/m1/s1. The number of amides is 1. The van der Waals surface area contributed by atoms with E-state index in [0.717, 1.165) is 16.7 Å². The van der Waals surface area contributed by atoms with Crippen molar-refractivity contribution in [1.29, 1.82) is 0 Å². The van der Waals surface area contributed by atoms with E-state index in [-0.39, 0.29) is 25.5 Å². The quantitative estimate of drug-likeness (QED) is 0.0587. The van der Waals surface area contributed by atoms with Gasteiger partial charge in [0.25, 0.3) is 5.91 Å². The van der Waals surface area contributed by atoms with Crippen molar-refractivity contribution >= 4 is 11.8 Å². The first kappa shape index (κ1) is 35.6. The maximum atomic E-state index is 14.7. The zero-order chi connectivity index (χ0) is 35.3. The van der Waals surface area contributed by atoms with Gasteiger partial charge in [0.05, 0.1) is 34.5 Å². The molecule has 0 spiro atoms. The van der Waals surface area contributed by atoms with E-state index in [1.807, 2.05) is 78.9 Å². The Labute approximate surface area is 291 Å². The van der Waals surface area contributed by atoms with E-state index in [0.29, 0.717) is 66.0 Å². The lowest BCUT2D eigenvalue weighted by Gasteiger charge is -2.31. The summed E-state index contributed by atoms with van der Waals surface area (Å²) in [7, 11) is 4.75. The van der Waals surface area contributed by atoms with Crippen molar-refractivity contribution in [2.75, 3.05) is 41.1 Å². The van der Waals surface area contributed by atoms with Crippen molar-refractivity contribution < 1.29 is 33.6 Å². The molecule has 4 aromatic carbocycles. The van der Waals surface area contributed by atoms with Gasteiger partial charge in [-0.2, -0.15) is 0 Å². The van der Waals surface area contributed by atoms with Crippen LogP contribution in [0.3, 0.4) is 0 Å². The summed E-state index contributed by atoms with van der Waals surface area (Å²) in [5.41, 5.74) is 11.5. The largest absolute Gasteiger partial charge is 0.497 e. The molecule has 260 valence electrons. The molecule has 2 atom stereocenters. The molecule has 0 radical (unpaired) electrons. The Morgan fingerprint density at radius 2 is 1.72 bits per heavy atom. The summed E-state index contributed by atoms with van der Waals surface area (Å²) in [4.78, 5) is 22.8. The number of aliphatic imine (C=N–C) groups is 1. The molecular weight excluding hydrogens is 638 g/mol. The van der Waals surface area contributed by atoms with E-state index in [2.05, 4.69) is 15.3 Å². The summed E-state index contributed by atoms with van der Waals surface area (Å²) in [6.07, 6.45) is 0.348. The molecule has 1 heterocycles. The fourth-order valence-electron chi connectivity index (χ4n) is 5.88. The SMILES string of the molecule is COc1cccc([C@H]2OC(c3ccc(OCCCO)cc3)=N[C@@]2(Cc2ccccc2CN=[N+]=[N-])C(=O)NCCc2ccc(OC)c(OC)c2)c1. The third kappa shape index (κ3) is 8.28. The van der Waals surface area contributed by atoms with Crippen molar-refractivity contribution in [2.45, 2.75) is 37.5 Å². The number of azide groups is 1. The third-order valence-corrected chi connectivity index (χ3v) is 8.46. The van der Waals surface area contributed by atoms with Crippen molar-refractivity contribution in [1.82, 2.24) is 5.32 Å². The number of ether oxygens (including phenoxy) is 5. The van der Waals surface area contributed by atoms with Gasteiger partial charge in [0, 0.05) is 36.5 Å². The number of rotatable bonds is 17. The maximum Gasteiger partial charge on any atom is 0.252 e. The highest BCUT2D eigenvalue weighted by Gasteiger charge is 2.53. The highest BCUT2D eigenvalue weighted by molar-refractivity contribution is 6.01. The highest BCUT2D eigenvalue weighted by atomic mass is 16.5. The van der Waals surface area contributed by atoms with Gasteiger partial charge >= 0.3 is 0 Å². The van der Waals surface area contributed by atoms with Gasteiger partial charge in [-0.05, 0) is 82.7 Å². The van der Waals surface area contributed by atoms with Crippen LogP contribution in [0.2, 0.25) is 0 Å². The van der Waals surface area contributed by atoms with Crippen molar-refractivity contribution in [3.05, 3.63) is 129 Å². The molecule has 0 saturated heterocycles. The molecule has 0 bridgehead atoms. The second kappa shape index (κ2) is 17.1. The second-order valence-electron chi connectivity index (χ2n) is 11.6. The van der Waals surface area contributed by atoms with Crippen molar-refractivity contribution in [3.8, 4) is 23.0 Å². The van der Waals surface area contributed by atoms with Gasteiger partial charge in [-0.15, -0.1) is 0 Å². The van der Waals surface area contributed by atoms with Crippen LogP contribution in [0.5, 0.6) is 23.0 Å². The topological polar surface area (TPSA) is 157 Å². The summed E-state index contributed by atoms with van der Waals surface area (Å²) >= 11 is 0. The van der Waals surface area contributed by atoms with Gasteiger partial charge in [0.1, 0.15) is 11.5 Å². The van der Waals surface area contributed by atoms with Gasteiger partial charge in [-0.1, -0.05) is 47.6 Å². The first-order valence-electron chi connectivity index (χ1n) is 16.3. The summed E-state index contributed by atoms with van der Waals surface area (Å²) < 4.78 is 28.8. The zero-order valence-electron chi connectivity index (χ0n) is 28.4. The van der Waals surface area contributed by atoms with E-state index in [1.165, 1.54) is 0 Å². The number of carbonyl (C=O) groups excluding carboxylic acids is 1. The number of hydrogen-bond acceptors (Lipinski definition) is 9. The predicted molar refractivity (Wildman–Crippen MR) is 189 cm³/mol. The summed E-state index contributed by atoms with van der Waals surface area (Å²) in [5, 5.41) is 16.1. The van der Waals surface area contributed by atoms with E-state index >= 15 is 0 Å². The number of nitrogens with zero attached hydrogens (tertiary/aromatic N) is 4. The molecule has 12 nitrogen and oxygen atoms in total. The minimum atomic E-state index is -1.47. The maximum absolute atomic E-state index is 14.7. The second-order valence-corrected chi connectivity index (χ2v) is 11.6. The summed E-state index contributed by atoms with van der Waals surface area (Å²) in [5.74, 6) is 2.43. The number of methoxy groups -OCH3 is 3. The fraction of sp³-hybridized carbons (Fsp3) is 0.316. The first-order valence-corrected chi connectivity index (χ1v) is 16.3. The predicted octanol–water partition coefficient (Wildman–Crippen LogP) is 6.14. The van der Waals surface area contributed by atoms with E-state index < -0.39 is 11.6 Å². The van der Waals surface area contributed by atoms with Crippen LogP contribution in [0.1, 0.15) is 40.3 Å². The average Bonchev–Trinajstić information content (AvgIpc) is 3.55. The van der Waals surface area contributed by atoms with Gasteiger partial charge in [-0.3, -0.25) is 4.79 Å². The Balaban J connectivity index is 1.56. The monoisotopic (exact) mass is 679 g/mol. The minimum Gasteiger partial charge on any atom is -0.497 e. The highest BCUT2D eigenvalue weighted by Crippen LogP contribution is 2.44. The van der Waals surface area contributed by atoms with Crippen LogP contribution >= 0.6 is 0 Å². The number of aliphatic hydroxyl groups excluding tert-OH is 1. The molecule has 0 aromatic heterocycles. The lowest BCUT2D eigenvalue weighted by Crippen LogP contribution is -2.50. The first-order chi connectivity index (χ1) is 24.4. The zero-order valence-corrected chi connectivity index (χ0v) is 28.4. The number of carbonyl (C=O) groups is 1. The van der Waals surface area contributed by atoms with Crippen molar-refractivity contribution in [3.63, 3.8) is 0 Å². The van der Waals surface area contributed by atoms with Gasteiger partial charge in [0.15, 0.2) is 23.1 Å². The van der Waals surface area contributed by atoms with Crippen LogP contribution in [0.4, 0.5) is 0 Å². The number of aliphatic hydroxyl groups is 1. The van der Waals surface area contributed by atoms with Crippen LogP contribution in [0.25, 0.3) is 10.4 Å². The lowest BCUT2D eigenvalue weighted by molar-refractivity contribution is -0.128. The molecule has 0 unspecified atom stereocenters. The molecule has 0 fully saturated rings. The molecule has 1 aliphatic heterocycles. The molecule has 50 heavy (non-hydrogen) atoms. The van der Waals surface area contributed by atoms with Crippen molar-refractivity contribution in [2.24, 2.45) is 10.1 Å². The fourth-order valence-corrected chi connectivity index (χ4v) is 5.88. The number of nitrogens with one attached hydrogen (secondary N) is 1. The van der Waals surface area contributed by atoms with E-state index in [4.69, 9.17) is 39.3 Å². The van der Waals surface area contributed by atoms with Crippen LogP contribution in [0.15, 0.2) is 101 Å². The lowest BCUT2D eigenvalue weighted by atomic mass is 9.80. The Bertz CT molecular complexity index is 1840. The van der Waals surface area contributed by atoms with E-state index in [9.17, 15) is 4.79 Å². The van der Waals surface area contributed by atoms with Crippen LogP contribution < -0.4 is 24.3 Å². The minimum absolute atomic E-state index is 0.0405. The molecule has 5 rings (SSSR count). The molecule has 1 aliphatic rings. The smallest absolute Gasteiger partial charge is 0.252 e. The van der Waals surface area contributed by atoms with Crippen LogP contribution in [-0.4, -0.2) is 63.5 Å². The molecule has 0 saturated carbocycles. The summed E-state index contributed by atoms with van der Waals surface area (Å²) in [6, 6.07) is 27.9. The molecule has 2 N–H and O–H groups in total. The Morgan fingerprint density at radius 1 is 0.940 bits per heavy atom. The van der Waals surface area contributed by atoms with Gasteiger partial charge in [-0.25, -0.2) is 4.99 Å². The van der Waals surface area contributed by atoms with Gasteiger partial charge in [0.2, 0.25) is 5.90 Å². The number of benzene rings is 4.